The molecule has 0 aliphatic rings. The number of amides is 1. The first-order chi connectivity index (χ1) is 7.11. The molecule has 1 atom stereocenters. The van der Waals surface area contributed by atoms with E-state index in [1.54, 1.807) is 12.1 Å². The van der Waals surface area contributed by atoms with Gasteiger partial charge < -0.3 is 5.73 Å². The third kappa shape index (κ3) is 3.54. The van der Waals surface area contributed by atoms with Gasteiger partial charge in [0.25, 0.3) is 0 Å². The molecule has 0 saturated carbocycles. The molecule has 0 radical (unpaired) electrons. The molecule has 1 rings (SSSR count). The molecule has 0 aliphatic heterocycles. The normalized spacial score (nSPS) is 12.1. The summed E-state index contributed by atoms with van der Waals surface area (Å²) >= 11 is 0. The second-order valence-corrected chi connectivity index (χ2v) is 3.64. The minimum Gasteiger partial charge on any atom is -0.370 e. The van der Waals surface area contributed by atoms with Crippen LogP contribution >= 0.6 is 0 Å². The highest BCUT2D eigenvalue weighted by Crippen LogP contribution is 2.13. The van der Waals surface area contributed by atoms with Crippen molar-refractivity contribution in [3.63, 3.8) is 0 Å². The standard InChI is InChI=1S/C12H15NO2/c1-9(7-8-11(13)14)12(15)10-5-3-2-4-6-10/h2-6,9H,7-8H2,1H3,(H2,13,14). The molecule has 0 bridgehead atoms. The summed E-state index contributed by atoms with van der Waals surface area (Å²) in [7, 11) is 0. The Morgan fingerprint density at radius 3 is 2.40 bits per heavy atom. The Balaban J connectivity index is 2.57. The first-order valence-electron chi connectivity index (χ1n) is 4.99. The average Bonchev–Trinajstić information content (AvgIpc) is 2.26. The van der Waals surface area contributed by atoms with Gasteiger partial charge in [-0.15, -0.1) is 0 Å². The molecule has 1 aromatic carbocycles. The van der Waals surface area contributed by atoms with Crippen molar-refractivity contribution in [1.29, 1.82) is 0 Å². The van der Waals surface area contributed by atoms with Gasteiger partial charge in [0.05, 0.1) is 0 Å². The zero-order valence-electron chi connectivity index (χ0n) is 8.77. The van der Waals surface area contributed by atoms with Gasteiger partial charge in [-0.25, -0.2) is 0 Å². The van der Waals surface area contributed by atoms with E-state index < -0.39 is 0 Å². The van der Waals surface area contributed by atoms with Crippen LogP contribution in [0.4, 0.5) is 0 Å². The molecule has 0 spiro atoms. The van der Waals surface area contributed by atoms with Crippen LogP contribution in [0.2, 0.25) is 0 Å². The van der Waals surface area contributed by atoms with Gasteiger partial charge in [-0.2, -0.15) is 0 Å². The summed E-state index contributed by atoms with van der Waals surface area (Å²) in [5.74, 6) is -0.445. The van der Waals surface area contributed by atoms with Crippen LogP contribution in [-0.4, -0.2) is 11.7 Å². The summed E-state index contributed by atoms with van der Waals surface area (Å²) in [5, 5.41) is 0. The van der Waals surface area contributed by atoms with Gasteiger partial charge in [0.15, 0.2) is 5.78 Å². The van der Waals surface area contributed by atoms with Crippen molar-refractivity contribution < 1.29 is 9.59 Å². The van der Waals surface area contributed by atoms with Crippen LogP contribution in [0, 0.1) is 5.92 Å². The highest BCUT2D eigenvalue weighted by atomic mass is 16.1. The third-order valence-corrected chi connectivity index (χ3v) is 2.33. The molecule has 3 nitrogen and oxygen atoms in total. The van der Waals surface area contributed by atoms with Crippen molar-refractivity contribution in [2.24, 2.45) is 11.7 Å². The quantitative estimate of drug-likeness (QED) is 0.745. The van der Waals surface area contributed by atoms with Crippen molar-refractivity contribution in [3.8, 4) is 0 Å². The fraction of sp³-hybridized carbons (Fsp3) is 0.333. The first-order valence-corrected chi connectivity index (χ1v) is 4.99. The van der Waals surface area contributed by atoms with E-state index in [0.29, 0.717) is 12.0 Å². The van der Waals surface area contributed by atoms with Gasteiger partial charge in [-0.3, -0.25) is 9.59 Å². The largest absolute Gasteiger partial charge is 0.370 e. The predicted octanol–water partition coefficient (Wildman–Crippen LogP) is 1.77. The van der Waals surface area contributed by atoms with Crippen molar-refractivity contribution in [2.75, 3.05) is 0 Å². The topological polar surface area (TPSA) is 60.2 Å². The lowest BCUT2D eigenvalue weighted by atomic mass is 9.95. The Morgan fingerprint density at radius 1 is 1.27 bits per heavy atom. The Kier molecular flexibility index (Phi) is 4.03. The molecular formula is C12H15NO2. The molecule has 3 heteroatoms. The molecule has 1 aromatic rings. The maximum absolute atomic E-state index is 11.8. The van der Waals surface area contributed by atoms with Gasteiger partial charge in [0.2, 0.25) is 5.91 Å². The van der Waals surface area contributed by atoms with Crippen LogP contribution in [0.1, 0.15) is 30.1 Å². The van der Waals surface area contributed by atoms with Crippen LogP contribution < -0.4 is 5.73 Å². The van der Waals surface area contributed by atoms with Crippen molar-refractivity contribution in [2.45, 2.75) is 19.8 Å². The average molecular weight is 205 g/mol. The van der Waals surface area contributed by atoms with Gasteiger partial charge in [0.1, 0.15) is 0 Å². The van der Waals surface area contributed by atoms with Crippen LogP contribution in [0.3, 0.4) is 0 Å². The van der Waals surface area contributed by atoms with Crippen molar-refractivity contribution >= 4 is 11.7 Å². The molecule has 1 amide bonds. The number of benzene rings is 1. The van der Waals surface area contributed by atoms with Crippen LogP contribution in [0.5, 0.6) is 0 Å². The third-order valence-electron chi connectivity index (χ3n) is 2.33. The predicted molar refractivity (Wildman–Crippen MR) is 58.4 cm³/mol. The zero-order chi connectivity index (χ0) is 11.3. The molecule has 15 heavy (non-hydrogen) atoms. The monoisotopic (exact) mass is 205 g/mol. The lowest BCUT2D eigenvalue weighted by Gasteiger charge is -2.08. The number of nitrogens with two attached hydrogens (primary N) is 1. The molecule has 80 valence electrons. The molecule has 0 saturated heterocycles. The lowest BCUT2D eigenvalue weighted by molar-refractivity contribution is -0.118. The van der Waals surface area contributed by atoms with E-state index in [9.17, 15) is 9.59 Å². The van der Waals surface area contributed by atoms with Crippen LogP contribution in [-0.2, 0) is 4.79 Å². The number of Topliss-reactive ketones (excluding diaryl/α,β-unsaturated/α-hetero) is 1. The minimum absolute atomic E-state index is 0.0665. The van der Waals surface area contributed by atoms with E-state index in [-0.39, 0.29) is 24.0 Å². The molecule has 0 fully saturated rings. The number of ketones is 1. The van der Waals surface area contributed by atoms with E-state index in [2.05, 4.69) is 0 Å². The van der Waals surface area contributed by atoms with Gasteiger partial charge in [-0.05, 0) is 6.42 Å². The number of hydrogen-bond donors (Lipinski definition) is 1. The number of carbonyl (C=O) groups is 2. The maximum Gasteiger partial charge on any atom is 0.217 e. The SMILES string of the molecule is CC(CCC(N)=O)C(=O)c1ccccc1. The Bertz CT molecular complexity index is 346. The summed E-state index contributed by atoms with van der Waals surface area (Å²) < 4.78 is 0. The van der Waals surface area contributed by atoms with Crippen LogP contribution in [0.15, 0.2) is 30.3 Å². The molecule has 1 unspecified atom stereocenters. The highest BCUT2D eigenvalue weighted by Gasteiger charge is 2.15. The Hall–Kier alpha value is -1.64. The second-order valence-electron chi connectivity index (χ2n) is 3.64. The van der Waals surface area contributed by atoms with Gasteiger partial charge >= 0.3 is 0 Å². The molecular weight excluding hydrogens is 190 g/mol. The molecule has 0 heterocycles. The summed E-state index contributed by atoms with van der Waals surface area (Å²) in [6, 6.07) is 9.08. The summed E-state index contributed by atoms with van der Waals surface area (Å²) in [6.45, 7) is 1.82. The number of hydrogen-bond acceptors (Lipinski definition) is 2. The highest BCUT2D eigenvalue weighted by molar-refractivity contribution is 5.97. The van der Waals surface area contributed by atoms with E-state index in [0.717, 1.165) is 0 Å². The fourth-order valence-electron chi connectivity index (χ4n) is 1.38. The number of rotatable bonds is 5. The van der Waals surface area contributed by atoms with Gasteiger partial charge in [-0.1, -0.05) is 37.3 Å². The van der Waals surface area contributed by atoms with E-state index in [1.807, 2.05) is 25.1 Å². The summed E-state index contributed by atoms with van der Waals surface area (Å²) in [6.07, 6.45) is 0.781. The van der Waals surface area contributed by atoms with Crippen molar-refractivity contribution in [3.05, 3.63) is 35.9 Å². The Morgan fingerprint density at radius 2 is 1.87 bits per heavy atom. The zero-order valence-corrected chi connectivity index (χ0v) is 8.77. The Labute approximate surface area is 89.3 Å². The smallest absolute Gasteiger partial charge is 0.217 e. The summed E-state index contributed by atoms with van der Waals surface area (Å²) in [5.41, 5.74) is 5.72. The fourth-order valence-corrected chi connectivity index (χ4v) is 1.38. The van der Waals surface area contributed by atoms with Crippen molar-refractivity contribution in [1.82, 2.24) is 0 Å². The first kappa shape index (κ1) is 11.4. The number of carbonyl (C=O) groups excluding carboxylic acids is 2. The lowest BCUT2D eigenvalue weighted by Crippen LogP contribution is -2.16. The molecule has 0 aliphatic carbocycles. The maximum atomic E-state index is 11.8. The van der Waals surface area contributed by atoms with E-state index >= 15 is 0 Å². The molecule has 0 aromatic heterocycles. The number of primary amides is 1. The van der Waals surface area contributed by atoms with E-state index in [1.165, 1.54) is 0 Å². The second kappa shape index (κ2) is 5.29. The molecule has 2 N–H and O–H groups in total. The van der Waals surface area contributed by atoms with Crippen LogP contribution in [0.25, 0.3) is 0 Å². The minimum atomic E-state index is -0.359. The van der Waals surface area contributed by atoms with E-state index in [4.69, 9.17) is 5.73 Å². The van der Waals surface area contributed by atoms with Gasteiger partial charge in [0, 0.05) is 17.9 Å². The summed E-state index contributed by atoms with van der Waals surface area (Å²) in [4.78, 5) is 22.4.